The lowest BCUT2D eigenvalue weighted by atomic mass is 9.97. The molecule has 0 saturated carbocycles. The van der Waals surface area contributed by atoms with Gasteiger partial charge in [-0.3, -0.25) is 0 Å². The van der Waals surface area contributed by atoms with Gasteiger partial charge in [0.1, 0.15) is 0 Å². The Labute approximate surface area is 132 Å². The van der Waals surface area contributed by atoms with E-state index in [0.717, 1.165) is 24.8 Å². The first-order chi connectivity index (χ1) is 9.96. The van der Waals surface area contributed by atoms with Crippen molar-refractivity contribution in [1.29, 1.82) is 0 Å². The SMILES string of the molecule is COc1c(Cl)cc(CCCC(N)C(C)C)c(OC)c1OC. The highest BCUT2D eigenvalue weighted by Crippen LogP contribution is 2.45. The summed E-state index contributed by atoms with van der Waals surface area (Å²) in [4.78, 5) is 0. The fraction of sp³-hybridized carbons (Fsp3) is 0.625. The normalized spacial score (nSPS) is 12.4. The number of aryl methyl sites for hydroxylation is 1. The topological polar surface area (TPSA) is 53.7 Å². The van der Waals surface area contributed by atoms with Crippen molar-refractivity contribution in [2.24, 2.45) is 11.7 Å². The van der Waals surface area contributed by atoms with E-state index in [1.165, 1.54) is 0 Å². The molecule has 0 heterocycles. The summed E-state index contributed by atoms with van der Waals surface area (Å²) in [6, 6.07) is 2.09. The summed E-state index contributed by atoms with van der Waals surface area (Å²) in [5.41, 5.74) is 7.09. The van der Waals surface area contributed by atoms with E-state index in [-0.39, 0.29) is 6.04 Å². The van der Waals surface area contributed by atoms with Crippen LogP contribution in [0.5, 0.6) is 17.2 Å². The third kappa shape index (κ3) is 4.42. The van der Waals surface area contributed by atoms with E-state index in [1.807, 2.05) is 6.07 Å². The van der Waals surface area contributed by atoms with Gasteiger partial charge in [-0.15, -0.1) is 0 Å². The summed E-state index contributed by atoms with van der Waals surface area (Å²) in [5.74, 6) is 2.20. The molecular formula is C16H26ClNO3. The molecule has 120 valence electrons. The van der Waals surface area contributed by atoms with Gasteiger partial charge in [0.05, 0.1) is 26.4 Å². The van der Waals surface area contributed by atoms with Crippen molar-refractivity contribution >= 4 is 11.6 Å². The van der Waals surface area contributed by atoms with Crippen LogP contribution in [0.2, 0.25) is 5.02 Å². The van der Waals surface area contributed by atoms with Crippen molar-refractivity contribution in [2.75, 3.05) is 21.3 Å². The summed E-state index contributed by atoms with van der Waals surface area (Å²) >= 11 is 6.25. The fourth-order valence-corrected chi connectivity index (χ4v) is 2.58. The highest BCUT2D eigenvalue weighted by atomic mass is 35.5. The minimum absolute atomic E-state index is 0.214. The van der Waals surface area contributed by atoms with Gasteiger partial charge in [0.15, 0.2) is 11.5 Å². The van der Waals surface area contributed by atoms with Crippen LogP contribution in [0.15, 0.2) is 6.07 Å². The van der Waals surface area contributed by atoms with Crippen LogP contribution in [0.25, 0.3) is 0 Å². The van der Waals surface area contributed by atoms with Crippen LogP contribution in [-0.4, -0.2) is 27.4 Å². The second-order valence-corrected chi connectivity index (χ2v) is 5.82. The molecule has 5 heteroatoms. The number of ether oxygens (including phenoxy) is 3. The average Bonchev–Trinajstić information content (AvgIpc) is 2.46. The minimum atomic E-state index is 0.214. The maximum absolute atomic E-state index is 6.25. The van der Waals surface area contributed by atoms with Gasteiger partial charge in [0, 0.05) is 6.04 Å². The van der Waals surface area contributed by atoms with E-state index in [2.05, 4.69) is 13.8 Å². The molecule has 4 nitrogen and oxygen atoms in total. The summed E-state index contributed by atoms with van der Waals surface area (Å²) in [7, 11) is 4.76. The van der Waals surface area contributed by atoms with E-state index in [0.29, 0.717) is 28.2 Å². The quantitative estimate of drug-likeness (QED) is 0.795. The van der Waals surface area contributed by atoms with Crippen LogP contribution in [0.3, 0.4) is 0 Å². The Balaban J connectivity index is 2.94. The van der Waals surface area contributed by atoms with E-state index in [9.17, 15) is 0 Å². The third-order valence-electron chi connectivity index (χ3n) is 3.67. The lowest BCUT2D eigenvalue weighted by Crippen LogP contribution is -2.26. The molecule has 0 aliphatic rings. The van der Waals surface area contributed by atoms with Gasteiger partial charge in [0.25, 0.3) is 0 Å². The summed E-state index contributed by atoms with van der Waals surface area (Å²) in [5, 5.41) is 0.526. The highest BCUT2D eigenvalue weighted by Gasteiger charge is 2.20. The number of hydrogen-bond donors (Lipinski definition) is 1. The molecule has 1 aromatic carbocycles. The number of hydrogen-bond acceptors (Lipinski definition) is 4. The first kappa shape index (κ1) is 17.9. The molecule has 1 unspecified atom stereocenters. The Morgan fingerprint density at radius 3 is 2.10 bits per heavy atom. The van der Waals surface area contributed by atoms with E-state index in [4.69, 9.17) is 31.5 Å². The number of methoxy groups -OCH3 is 3. The van der Waals surface area contributed by atoms with Crippen molar-refractivity contribution < 1.29 is 14.2 Å². The van der Waals surface area contributed by atoms with Gasteiger partial charge in [-0.1, -0.05) is 25.4 Å². The van der Waals surface area contributed by atoms with Crippen molar-refractivity contribution in [3.63, 3.8) is 0 Å². The molecule has 0 fully saturated rings. The molecule has 1 atom stereocenters. The Bertz CT molecular complexity index is 463. The molecule has 2 N–H and O–H groups in total. The lowest BCUT2D eigenvalue weighted by molar-refractivity contribution is 0.322. The first-order valence-corrected chi connectivity index (χ1v) is 7.56. The molecular weight excluding hydrogens is 290 g/mol. The van der Waals surface area contributed by atoms with Crippen LogP contribution in [-0.2, 0) is 6.42 Å². The monoisotopic (exact) mass is 315 g/mol. The van der Waals surface area contributed by atoms with Gasteiger partial charge < -0.3 is 19.9 Å². The average molecular weight is 316 g/mol. The smallest absolute Gasteiger partial charge is 0.205 e. The summed E-state index contributed by atoms with van der Waals surface area (Å²) in [6.07, 6.45) is 2.78. The standard InChI is InChI=1S/C16H26ClNO3/c1-10(2)13(18)8-6-7-11-9-12(17)15(20-4)16(21-5)14(11)19-3/h9-10,13H,6-8,18H2,1-5H3. The number of benzene rings is 1. The van der Waals surface area contributed by atoms with Crippen molar-refractivity contribution in [3.05, 3.63) is 16.7 Å². The minimum Gasteiger partial charge on any atom is -0.492 e. The van der Waals surface area contributed by atoms with E-state index >= 15 is 0 Å². The molecule has 0 aromatic heterocycles. The fourth-order valence-electron chi connectivity index (χ4n) is 2.29. The molecule has 1 rings (SSSR count). The highest BCUT2D eigenvalue weighted by molar-refractivity contribution is 6.32. The van der Waals surface area contributed by atoms with Crippen molar-refractivity contribution in [1.82, 2.24) is 0 Å². The zero-order valence-corrected chi connectivity index (χ0v) is 14.3. The van der Waals surface area contributed by atoms with Crippen LogP contribution in [0, 0.1) is 5.92 Å². The van der Waals surface area contributed by atoms with Crippen LogP contribution in [0.4, 0.5) is 0 Å². The van der Waals surface area contributed by atoms with Crippen LogP contribution in [0.1, 0.15) is 32.3 Å². The van der Waals surface area contributed by atoms with Crippen molar-refractivity contribution in [3.8, 4) is 17.2 Å². The maximum Gasteiger partial charge on any atom is 0.205 e. The maximum atomic E-state index is 6.25. The lowest BCUT2D eigenvalue weighted by Gasteiger charge is -2.18. The Kier molecular flexibility index (Phi) is 7.12. The van der Waals surface area contributed by atoms with E-state index < -0.39 is 0 Å². The predicted molar refractivity (Wildman–Crippen MR) is 86.9 cm³/mol. The number of rotatable bonds is 8. The van der Waals surface area contributed by atoms with Gasteiger partial charge in [0.2, 0.25) is 5.75 Å². The van der Waals surface area contributed by atoms with Gasteiger partial charge in [-0.2, -0.15) is 0 Å². The molecule has 0 saturated heterocycles. The van der Waals surface area contributed by atoms with Crippen molar-refractivity contribution in [2.45, 2.75) is 39.2 Å². The third-order valence-corrected chi connectivity index (χ3v) is 3.95. The number of nitrogens with two attached hydrogens (primary N) is 1. The first-order valence-electron chi connectivity index (χ1n) is 7.19. The van der Waals surface area contributed by atoms with Gasteiger partial charge in [-0.05, 0) is 36.8 Å². The molecule has 0 bridgehead atoms. The predicted octanol–water partition coefficient (Wildman–Crippen LogP) is 3.67. The molecule has 0 radical (unpaired) electrons. The van der Waals surface area contributed by atoms with Crippen LogP contribution >= 0.6 is 11.6 Å². The zero-order valence-electron chi connectivity index (χ0n) is 13.5. The Morgan fingerprint density at radius 2 is 1.62 bits per heavy atom. The molecule has 21 heavy (non-hydrogen) atoms. The van der Waals surface area contributed by atoms with E-state index in [1.54, 1.807) is 21.3 Å². The summed E-state index contributed by atoms with van der Waals surface area (Å²) < 4.78 is 16.1. The van der Waals surface area contributed by atoms with Gasteiger partial charge >= 0.3 is 0 Å². The molecule has 0 amide bonds. The second kappa shape index (κ2) is 8.35. The molecule has 0 aliphatic carbocycles. The summed E-state index contributed by atoms with van der Waals surface area (Å²) in [6.45, 7) is 4.27. The Morgan fingerprint density at radius 1 is 1.05 bits per heavy atom. The molecule has 0 aliphatic heterocycles. The Hall–Kier alpha value is -1.13. The second-order valence-electron chi connectivity index (χ2n) is 5.42. The molecule has 1 aromatic rings. The zero-order chi connectivity index (χ0) is 16.0. The number of halogens is 1. The van der Waals surface area contributed by atoms with Crippen LogP contribution < -0.4 is 19.9 Å². The van der Waals surface area contributed by atoms with Gasteiger partial charge in [-0.25, -0.2) is 0 Å². The molecule has 0 spiro atoms. The largest absolute Gasteiger partial charge is 0.492 e.